The molecule has 0 spiro atoms. The second kappa shape index (κ2) is 6.76. The van der Waals surface area contributed by atoms with E-state index in [0.29, 0.717) is 13.0 Å². The Hall–Kier alpha value is -1.63. The average Bonchev–Trinajstić information content (AvgIpc) is 3.17. The second-order valence-corrected chi connectivity index (χ2v) is 7.98. The summed E-state index contributed by atoms with van der Waals surface area (Å²) in [6, 6.07) is 1.47. The van der Waals surface area contributed by atoms with Gasteiger partial charge in [-0.2, -0.15) is 15.2 Å². The molecule has 0 N–H and O–H groups in total. The number of nitrogens with zero attached hydrogens (tertiary/aromatic N) is 4. The summed E-state index contributed by atoms with van der Waals surface area (Å²) in [6.45, 7) is 1.26. The Bertz CT molecular complexity index is 985. The molecule has 0 unspecified atom stereocenters. The predicted octanol–water partition coefficient (Wildman–Crippen LogP) is 4.15. The third-order valence-corrected chi connectivity index (χ3v) is 6.56. The first-order chi connectivity index (χ1) is 12.9. The number of nitriles is 1. The molecule has 5 nitrogen and oxygen atoms in total. The fourth-order valence-electron chi connectivity index (χ4n) is 4.01. The summed E-state index contributed by atoms with van der Waals surface area (Å²) in [7, 11) is 0. The van der Waals surface area contributed by atoms with Crippen LogP contribution in [0.5, 0.6) is 6.01 Å². The molecule has 0 saturated carbocycles. The van der Waals surface area contributed by atoms with Gasteiger partial charge >= 0.3 is 6.01 Å². The molecule has 3 heterocycles. The van der Waals surface area contributed by atoms with E-state index in [0.717, 1.165) is 19.4 Å². The molecule has 0 bridgehead atoms. The molecule has 2 aliphatic heterocycles. The van der Waals surface area contributed by atoms with Crippen LogP contribution in [-0.2, 0) is 0 Å². The minimum Gasteiger partial charge on any atom is -0.461 e. The number of fused-ring (bicyclic) bond motifs is 2. The Kier molecular flexibility index (Phi) is 4.69. The summed E-state index contributed by atoms with van der Waals surface area (Å²) in [5, 5.41) is 8.41. The number of halogens is 5. The van der Waals surface area contributed by atoms with Crippen molar-refractivity contribution in [3.05, 3.63) is 26.8 Å². The molecule has 2 saturated heterocycles. The van der Waals surface area contributed by atoms with Crippen LogP contribution < -0.4 is 4.74 Å². The zero-order chi connectivity index (χ0) is 19.3. The van der Waals surface area contributed by atoms with Crippen LogP contribution in [0.3, 0.4) is 0 Å². The standard InChI is InChI=1S/C17H13BrClF3N4O/c18-11-12(19)13(21)10-9(5-23)24-16(25-15(10)14(11)22)27-7-17-2-1-3-26(17)6-8(20)4-17/h8H,1-4,6-7H2/t8-,17+/m1/s1. The molecule has 1 aromatic heterocycles. The van der Waals surface area contributed by atoms with Gasteiger partial charge in [-0.25, -0.2) is 13.2 Å². The first-order valence-corrected chi connectivity index (χ1v) is 9.49. The van der Waals surface area contributed by atoms with Crippen molar-refractivity contribution >= 4 is 38.4 Å². The zero-order valence-electron chi connectivity index (χ0n) is 13.9. The highest BCUT2D eigenvalue weighted by atomic mass is 79.9. The van der Waals surface area contributed by atoms with Crippen molar-refractivity contribution in [2.24, 2.45) is 0 Å². The fraction of sp³-hybridized carbons (Fsp3) is 0.471. The minimum atomic E-state index is -0.986. The third-order valence-electron chi connectivity index (χ3n) is 5.23. The van der Waals surface area contributed by atoms with Crippen molar-refractivity contribution in [3.8, 4) is 12.1 Å². The van der Waals surface area contributed by atoms with E-state index in [1.165, 1.54) is 0 Å². The van der Waals surface area contributed by atoms with Crippen molar-refractivity contribution in [1.82, 2.24) is 14.9 Å². The van der Waals surface area contributed by atoms with Gasteiger partial charge in [-0.05, 0) is 35.3 Å². The quantitative estimate of drug-likeness (QED) is 0.508. The highest BCUT2D eigenvalue weighted by Gasteiger charge is 2.49. The number of rotatable bonds is 3. The van der Waals surface area contributed by atoms with Gasteiger partial charge in [-0.15, -0.1) is 0 Å². The molecule has 4 rings (SSSR count). The molecule has 0 radical (unpaired) electrons. The fourth-order valence-corrected chi connectivity index (χ4v) is 4.55. The van der Waals surface area contributed by atoms with Gasteiger partial charge in [0, 0.05) is 13.0 Å². The number of alkyl halides is 1. The molecule has 142 valence electrons. The van der Waals surface area contributed by atoms with Crippen molar-refractivity contribution in [2.75, 3.05) is 19.7 Å². The molecular weight excluding hydrogens is 449 g/mol. The smallest absolute Gasteiger partial charge is 0.318 e. The highest BCUT2D eigenvalue weighted by molar-refractivity contribution is 9.10. The molecule has 2 atom stereocenters. The lowest BCUT2D eigenvalue weighted by Crippen LogP contribution is -2.43. The summed E-state index contributed by atoms with van der Waals surface area (Å²) in [4.78, 5) is 9.87. The summed E-state index contributed by atoms with van der Waals surface area (Å²) in [5.74, 6) is -1.90. The Morgan fingerprint density at radius 2 is 2.15 bits per heavy atom. The lowest BCUT2D eigenvalue weighted by Gasteiger charge is -2.30. The summed E-state index contributed by atoms with van der Waals surface area (Å²) < 4.78 is 48.1. The topological polar surface area (TPSA) is 62.0 Å². The molecule has 1 aromatic carbocycles. The van der Waals surface area contributed by atoms with Crippen molar-refractivity contribution in [2.45, 2.75) is 31.0 Å². The maximum absolute atomic E-state index is 14.5. The molecule has 2 fully saturated rings. The Morgan fingerprint density at radius 3 is 2.89 bits per heavy atom. The maximum atomic E-state index is 14.5. The molecular formula is C17H13BrClF3N4O. The maximum Gasteiger partial charge on any atom is 0.318 e. The van der Waals surface area contributed by atoms with Gasteiger partial charge in [0.25, 0.3) is 0 Å². The van der Waals surface area contributed by atoms with Gasteiger partial charge in [0.2, 0.25) is 0 Å². The molecule has 10 heteroatoms. The van der Waals surface area contributed by atoms with Crippen molar-refractivity contribution in [1.29, 1.82) is 5.26 Å². The Labute approximate surface area is 166 Å². The lowest BCUT2D eigenvalue weighted by molar-refractivity contribution is 0.107. The van der Waals surface area contributed by atoms with Crippen LogP contribution in [0.25, 0.3) is 10.9 Å². The van der Waals surface area contributed by atoms with E-state index < -0.39 is 39.3 Å². The number of ether oxygens (including phenoxy) is 1. The molecule has 2 aliphatic rings. The van der Waals surface area contributed by atoms with Crippen LogP contribution in [0.4, 0.5) is 13.2 Å². The second-order valence-electron chi connectivity index (χ2n) is 6.81. The number of hydrogen-bond acceptors (Lipinski definition) is 5. The Morgan fingerprint density at radius 1 is 1.37 bits per heavy atom. The number of aromatic nitrogens is 2. The van der Waals surface area contributed by atoms with Gasteiger partial charge in [0.05, 0.1) is 20.4 Å². The van der Waals surface area contributed by atoms with Crippen LogP contribution in [0.2, 0.25) is 5.02 Å². The molecule has 0 amide bonds. The summed E-state index contributed by atoms with van der Waals surface area (Å²) >= 11 is 8.63. The number of hydrogen-bond donors (Lipinski definition) is 0. The highest BCUT2D eigenvalue weighted by Crippen LogP contribution is 2.41. The van der Waals surface area contributed by atoms with Crippen LogP contribution in [0.15, 0.2) is 4.47 Å². The van der Waals surface area contributed by atoms with Crippen molar-refractivity contribution in [3.63, 3.8) is 0 Å². The first-order valence-electron chi connectivity index (χ1n) is 8.32. The molecule has 0 aliphatic carbocycles. The van der Waals surface area contributed by atoms with E-state index >= 15 is 0 Å². The summed E-state index contributed by atoms with van der Waals surface area (Å²) in [5.41, 5.74) is -1.23. The zero-order valence-corrected chi connectivity index (χ0v) is 16.2. The van der Waals surface area contributed by atoms with Crippen LogP contribution in [0, 0.1) is 23.0 Å². The first kappa shape index (κ1) is 18.7. The van der Waals surface area contributed by atoms with Crippen LogP contribution in [0.1, 0.15) is 25.0 Å². The minimum absolute atomic E-state index is 0.114. The van der Waals surface area contributed by atoms with E-state index in [1.54, 1.807) is 6.07 Å². The monoisotopic (exact) mass is 460 g/mol. The summed E-state index contributed by atoms with van der Waals surface area (Å²) in [6.07, 6.45) is 1.13. The van der Waals surface area contributed by atoms with Gasteiger partial charge in [-0.3, -0.25) is 4.90 Å². The van der Waals surface area contributed by atoms with E-state index in [1.807, 2.05) is 4.90 Å². The lowest BCUT2D eigenvalue weighted by atomic mass is 9.95. The molecule has 27 heavy (non-hydrogen) atoms. The van der Waals surface area contributed by atoms with Crippen LogP contribution in [-0.4, -0.2) is 46.3 Å². The van der Waals surface area contributed by atoms with E-state index in [-0.39, 0.29) is 22.8 Å². The average molecular weight is 462 g/mol. The molecule has 2 aromatic rings. The van der Waals surface area contributed by atoms with E-state index in [2.05, 4.69) is 25.9 Å². The normalized spacial score (nSPS) is 25.0. The Balaban J connectivity index is 1.72. The van der Waals surface area contributed by atoms with Gasteiger partial charge in [-0.1, -0.05) is 11.6 Å². The SMILES string of the molecule is N#Cc1nc(OC[C@@]23CCCN2C[C@H](F)C3)nc2c(F)c(Br)c(Cl)c(F)c12. The largest absolute Gasteiger partial charge is 0.461 e. The van der Waals surface area contributed by atoms with Gasteiger partial charge in [0.15, 0.2) is 17.3 Å². The van der Waals surface area contributed by atoms with E-state index in [4.69, 9.17) is 16.3 Å². The van der Waals surface area contributed by atoms with Crippen LogP contribution >= 0.6 is 27.5 Å². The van der Waals surface area contributed by atoms with Gasteiger partial charge < -0.3 is 4.74 Å². The third kappa shape index (κ3) is 2.94. The van der Waals surface area contributed by atoms with Gasteiger partial charge in [0.1, 0.15) is 24.4 Å². The number of benzene rings is 1. The van der Waals surface area contributed by atoms with Crippen molar-refractivity contribution < 1.29 is 17.9 Å². The van der Waals surface area contributed by atoms with E-state index in [9.17, 15) is 18.4 Å². The predicted molar refractivity (Wildman–Crippen MR) is 95.4 cm³/mol.